The third kappa shape index (κ3) is 4.68. The second-order valence-electron chi connectivity index (χ2n) is 4.72. The van der Waals surface area contributed by atoms with Gasteiger partial charge in [0.1, 0.15) is 17.3 Å². The molecule has 0 bridgehead atoms. The summed E-state index contributed by atoms with van der Waals surface area (Å²) < 4.78 is 31.4. The molecule has 2 rings (SSSR count). The molecule has 0 aliphatic heterocycles. The maximum absolute atomic E-state index is 13.7. The highest BCUT2D eigenvalue weighted by Crippen LogP contribution is 2.18. The van der Waals surface area contributed by atoms with Crippen molar-refractivity contribution in [1.29, 1.82) is 0 Å². The number of amides is 1. The van der Waals surface area contributed by atoms with Crippen molar-refractivity contribution in [3.05, 3.63) is 47.3 Å². The predicted molar refractivity (Wildman–Crippen MR) is 80.6 cm³/mol. The number of carbonyl (C=O) groups excluding carboxylic acids is 1. The van der Waals surface area contributed by atoms with Crippen molar-refractivity contribution in [1.82, 2.24) is 15.3 Å². The maximum Gasteiger partial charge on any atom is 0.270 e. The molecular formula is C15H16F2N4O2. The minimum Gasteiger partial charge on any atom is -0.383 e. The third-order valence-electron chi connectivity index (χ3n) is 2.86. The number of nitrogens with zero attached hydrogens (tertiary/aromatic N) is 2. The number of carbonyl (C=O) groups is 1. The summed E-state index contributed by atoms with van der Waals surface area (Å²) in [5.74, 6) is -1.81. The topological polar surface area (TPSA) is 76.1 Å². The monoisotopic (exact) mass is 322 g/mol. The van der Waals surface area contributed by atoms with Crippen LogP contribution in [0.3, 0.4) is 0 Å². The van der Waals surface area contributed by atoms with Crippen molar-refractivity contribution in [2.45, 2.75) is 6.92 Å². The zero-order valence-electron chi connectivity index (χ0n) is 12.7. The molecule has 122 valence electrons. The Morgan fingerprint density at radius 1 is 1.26 bits per heavy atom. The number of hydrogen-bond donors (Lipinski definition) is 2. The van der Waals surface area contributed by atoms with E-state index in [0.29, 0.717) is 18.8 Å². The largest absolute Gasteiger partial charge is 0.383 e. The summed E-state index contributed by atoms with van der Waals surface area (Å²) in [4.78, 5) is 20.1. The molecule has 0 unspecified atom stereocenters. The molecule has 1 heterocycles. The summed E-state index contributed by atoms with van der Waals surface area (Å²) in [5.41, 5.74) is 0.684. The number of halogens is 2. The number of hydrogen-bond acceptors (Lipinski definition) is 5. The molecule has 2 aromatic rings. The average molecular weight is 322 g/mol. The van der Waals surface area contributed by atoms with Crippen LogP contribution >= 0.6 is 0 Å². The van der Waals surface area contributed by atoms with E-state index in [-0.39, 0.29) is 17.3 Å². The molecule has 1 amide bonds. The van der Waals surface area contributed by atoms with E-state index in [0.717, 1.165) is 12.1 Å². The van der Waals surface area contributed by atoms with Gasteiger partial charge in [-0.05, 0) is 25.1 Å². The normalized spacial score (nSPS) is 10.4. The summed E-state index contributed by atoms with van der Waals surface area (Å²) in [7, 11) is 1.53. The van der Waals surface area contributed by atoms with E-state index in [4.69, 9.17) is 4.74 Å². The van der Waals surface area contributed by atoms with Gasteiger partial charge in [0.15, 0.2) is 0 Å². The van der Waals surface area contributed by atoms with Crippen molar-refractivity contribution in [2.24, 2.45) is 0 Å². The van der Waals surface area contributed by atoms with Crippen LogP contribution in [0.25, 0.3) is 0 Å². The van der Waals surface area contributed by atoms with E-state index in [1.807, 2.05) is 0 Å². The van der Waals surface area contributed by atoms with Gasteiger partial charge in [0.2, 0.25) is 5.95 Å². The highest BCUT2D eigenvalue weighted by Gasteiger charge is 2.12. The van der Waals surface area contributed by atoms with Crippen molar-refractivity contribution in [3.8, 4) is 0 Å². The van der Waals surface area contributed by atoms with Gasteiger partial charge in [-0.1, -0.05) is 0 Å². The first-order valence-electron chi connectivity index (χ1n) is 6.84. The zero-order valence-corrected chi connectivity index (χ0v) is 12.7. The van der Waals surface area contributed by atoms with E-state index in [1.165, 1.54) is 19.2 Å². The van der Waals surface area contributed by atoms with E-state index in [2.05, 4.69) is 20.6 Å². The second-order valence-corrected chi connectivity index (χ2v) is 4.72. The number of rotatable bonds is 6. The van der Waals surface area contributed by atoms with Crippen LogP contribution in [0.15, 0.2) is 24.3 Å². The molecule has 23 heavy (non-hydrogen) atoms. The van der Waals surface area contributed by atoms with E-state index < -0.39 is 17.5 Å². The average Bonchev–Trinajstić information content (AvgIpc) is 2.50. The van der Waals surface area contributed by atoms with Crippen LogP contribution < -0.4 is 10.6 Å². The molecule has 2 N–H and O–H groups in total. The highest BCUT2D eigenvalue weighted by atomic mass is 19.1. The Morgan fingerprint density at radius 2 is 2.04 bits per heavy atom. The quantitative estimate of drug-likeness (QED) is 0.797. The van der Waals surface area contributed by atoms with Gasteiger partial charge < -0.3 is 15.4 Å². The Morgan fingerprint density at radius 3 is 2.74 bits per heavy atom. The molecule has 0 spiro atoms. The van der Waals surface area contributed by atoms with Gasteiger partial charge in [-0.2, -0.15) is 0 Å². The first-order valence-corrected chi connectivity index (χ1v) is 6.84. The molecule has 0 aliphatic rings. The highest BCUT2D eigenvalue weighted by molar-refractivity contribution is 5.92. The standard InChI is InChI=1S/C15H16F2N4O2/c1-9-7-13(14(22)18-5-6-23-2)21-15(19-9)20-12-4-3-10(16)8-11(12)17/h3-4,7-8H,5-6H2,1-2H3,(H,18,22)(H,19,20,21). The molecule has 6 nitrogen and oxygen atoms in total. The summed E-state index contributed by atoms with van der Waals surface area (Å²) >= 11 is 0. The Bertz CT molecular complexity index is 710. The number of ether oxygens (including phenoxy) is 1. The molecular weight excluding hydrogens is 306 g/mol. The van der Waals surface area contributed by atoms with Gasteiger partial charge in [-0.25, -0.2) is 18.7 Å². The van der Waals surface area contributed by atoms with Crippen LogP contribution in [-0.2, 0) is 4.74 Å². The SMILES string of the molecule is COCCNC(=O)c1cc(C)nc(Nc2ccc(F)cc2F)n1. The van der Waals surface area contributed by atoms with Gasteiger partial charge in [0.25, 0.3) is 5.91 Å². The number of aromatic nitrogens is 2. The van der Waals surface area contributed by atoms with Gasteiger partial charge in [0, 0.05) is 25.4 Å². The molecule has 0 fully saturated rings. The summed E-state index contributed by atoms with van der Waals surface area (Å²) in [6.45, 7) is 2.40. The van der Waals surface area contributed by atoms with Gasteiger partial charge in [-0.3, -0.25) is 4.79 Å². The smallest absolute Gasteiger partial charge is 0.270 e. The van der Waals surface area contributed by atoms with Crippen LogP contribution in [0.2, 0.25) is 0 Å². The lowest BCUT2D eigenvalue weighted by Gasteiger charge is -2.09. The summed E-state index contributed by atoms with van der Waals surface area (Å²) in [6.07, 6.45) is 0. The van der Waals surface area contributed by atoms with Crippen LogP contribution in [-0.4, -0.2) is 36.1 Å². The van der Waals surface area contributed by atoms with Crippen molar-refractivity contribution in [3.63, 3.8) is 0 Å². The molecule has 1 aromatic carbocycles. The minimum atomic E-state index is -0.777. The van der Waals surface area contributed by atoms with Gasteiger partial charge in [-0.15, -0.1) is 0 Å². The molecule has 8 heteroatoms. The minimum absolute atomic E-state index is 0.0164. The van der Waals surface area contributed by atoms with Crippen LogP contribution in [0.4, 0.5) is 20.4 Å². The van der Waals surface area contributed by atoms with E-state index in [1.54, 1.807) is 6.92 Å². The lowest BCUT2D eigenvalue weighted by molar-refractivity contribution is 0.0932. The number of aryl methyl sites for hydroxylation is 1. The lowest BCUT2D eigenvalue weighted by Crippen LogP contribution is -2.28. The molecule has 0 radical (unpaired) electrons. The molecule has 0 saturated carbocycles. The van der Waals surface area contributed by atoms with Crippen molar-refractivity contribution < 1.29 is 18.3 Å². The number of anilines is 2. The number of nitrogens with one attached hydrogen (secondary N) is 2. The molecule has 0 aliphatic carbocycles. The lowest BCUT2D eigenvalue weighted by atomic mass is 10.3. The fraction of sp³-hybridized carbons (Fsp3) is 0.267. The Kier molecular flexibility index (Phi) is 5.53. The number of methoxy groups -OCH3 is 1. The molecule has 1 aromatic heterocycles. The van der Waals surface area contributed by atoms with E-state index >= 15 is 0 Å². The Hall–Kier alpha value is -2.61. The fourth-order valence-electron chi connectivity index (χ4n) is 1.81. The van der Waals surface area contributed by atoms with Crippen LogP contribution in [0.1, 0.15) is 16.2 Å². The summed E-state index contributed by atoms with van der Waals surface area (Å²) in [6, 6.07) is 4.60. The third-order valence-corrected chi connectivity index (χ3v) is 2.86. The fourth-order valence-corrected chi connectivity index (χ4v) is 1.81. The zero-order chi connectivity index (χ0) is 16.8. The van der Waals surface area contributed by atoms with Crippen molar-refractivity contribution in [2.75, 3.05) is 25.6 Å². The summed E-state index contributed by atoms with van der Waals surface area (Å²) in [5, 5.41) is 5.27. The van der Waals surface area contributed by atoms with Gasteiger partial charge >= 0.3 is 0 Å². The first kappa shape index (κ1) is 16.8. The van der Waals surface area contributed by atoms with Crippen molar-refractivity contribution >= 4 is 17.5 Å². The first-order chi connectivity index (χ1) is 11.0. The molecule has 0 saturated heterocycles. The Labute approximate surface area is 131 Å². The molecule has 0 atom stereocenters. The van der Waals surface area contributed by atoms with Crippen LogP contribution in [0, 0.1) is 18.6 Å². The maximum atomic E-state index is 13.7. The van der Waals surface area contributed by atoms with Gasteiger partial charge in [0.05, 0.1) is 12.3 Å². The number of benzene rings is 1. The van der Waals surface area contributed by atoms with E-state index in [9.17, 15) is 13.6 Å². The predicted octanol–water partition coefficient (Wildman–Crippen LogP) is 2.18. The Balaban J connectivity index is 2.18. The van der Waals surface area contributed by atoms with Crippen LogP contribution in [0.5, 0.6) is 0 Å². The second kappa shape index (κ2) is 7.59.